The summed E-state index contributed by atoms with van der Waals surface area (Å²) in [6.07, 6.45) is 4.37. The second-order valence-corrected chi connectivity index (χ2v) is 6.42. The summed E-state index contributed by atoms with van der Waals surface area (Å²) in [5, 5.41) is 0. The zero-order chi connectivity index (χ0) is 13.9. The van der Waals surface area contributed by atoms with Crippen molar-refractivity contribution in [2.45, 2.75) is 45.1 Å². The van der Waals surface area contributed by atoms with E-state index < -0.39 is 0 Å². The van der Waals surface area contributed by atoms with Crippen LogP contribution in [0.1, 0.15) is 39.5 Å². The molecule has 1 saturated carbocycles. The fourth-order valence-electron chi connectivity index (χ4n) is 3.13. The summed E-state index contributed by atoms with van der Waals surface area (Å²) in [5.74, 6) is 0.795. The summed E-state index contributed by atoms with van der Waals surface area (Å²) < 4.78 is 5.18. The Bertz CT molecular complexity index is 309. The maximum atomic E-state index is 11.9. The van der Waals surface area contributed by atoms with Crippen molar-refractivity contribution >= 4 is 5.97 Å². The van der Waals surface area contributed by atoms with E-state index in [1.54, 1.807) is 0 Å². The number of esters is 1. The minimum absolute atomic E-state index is 0.00528. The molecule has 1 unspecified atom stereocenters. The molecular weight excluding hydrogens is 240 g/mol. The fraction of sp³-hybridized carbons (Fsp3) is 0.933. The summed E-state index contributed by atoms with van der Waals surface area (Å²) in [4.78, 5) is 16.8. The van der Waals surface area contributed by atoms with E-state index in [4.69, 9.17) is 4.74 Å². The number of nitrogens with zero attached hydrogens (tertiary/aromatic N) is 2. The van der Waals surface area contributed by atoms with Gasteiger partial charge in [0.15, 0.2) is 0 Å². The molecule has 2 aliphatic rings. The number of hydrogen-bond acceptors (Lipinski definition) is 4. The molecule has 1 aliphatic heterocycles. The molecule has 0 amide bonds. The van der Waals surface area contributed by atoms with Crippen molar-refractivity contribution in [3.63, 3.8) is 0 Å². The number of ether oxygens (including phenoxy) is 1. The molecule has 110 valence electrons. The van der Waals surface area contributed by atoms with Crippen LogP contribution in [0, 0.1) is 5.92 Å². The molecule has 1 heterocycles. The molecule has 4 nitrogen and oxygen atoms in total. The molecule has 4 heteroatoms. The third-order valence-corrected chi connectivity index (χ3v) is 4.52. The Morgan fingerprint density at radius 2 is 1.89 bits per heavy atom. The average molecular weight is 268 g/mol. The topological polar surface area (TPSA) is 32.8 Å². The van der Waals surface area contributed by atoms with Gasteiger partial charge < -0.3 is 9.64 Å². The Labute approximate surface area is 117 Å². The van der Waals surface area contributed by atoms with Gasteiger partial charge >= 0.3 is 5.97 Å². The minimum atomic E-state index is -0.0374. The van der Waals surface area contributed by atoms with Crippen LogP contribution in [0.4, 0.5) is 0 Å². The quantitative estimate of drug-likeness (QED) is 0.687. The highest BCUT2D eigenvalue weighted by Crippen LogP contribution is 2.40. The zero-order valence-corrected chi connectivity index (χ0v) is 12.7. The maximum absolute atomic E-state index is 11.9. The number of hydrogen-bond donors (Lipinski definition) is 0. The van der Waals surface area contributed by atoms with Gasteiger partial charge in [0.1, 0.15) is 0 Å². The van der Waals surface area contributed by atoms with Crippen LogP contribution in [-0.2, 0) is 9.53 Å². The van der Waals surface area contributed by atoms with Crippen LogP contribution in [-0.4, -0.2) is 61.1 Å². The molecule has 1 atom stereocenters. The maximum Gasteiger partial charge on any atom is 0.307 e. The second kappa shape index (κ2) is 6.23. The van der Waals surface area contributed by atoms with E-state index in [0.29, 0.717) is 13.0 Å². The van der Waals surface area contributed by atoms with Crippen molar-refractivity contribution in [2.75, 3.05) is 39.8 Å². The van der Waals surface area contributed by atoms with Gasteiger partial charge in [-0.2, -0.15) is 0 Å². The van der Waals surface area contributed by atoms with E-state index in [-0.39, 0.29) is 11.5 Å². The van der Waals surface area contributed by atoms with Gasteiger partial charge in [-0.15, -0.1) is 0 Å². The van der Waals surface area contributed by atoms with Crippen LogP contribution in [0.3, 0.4) is 0 Å². The third kappa shape index (κ3) is 4.18. The summed E-state index contributed by atoms with van der Waals surface area (Å²) in [6.45, 7) is 8.96. The predicted molar refractivity (Wildman–Crippen MR) is 76.1 cm³/mol. The van der Waals surface area contributed by atoms with Crippen molar-refractivity contribution in [1.29, 1.82) is 0 Å². The van der Waals surface area contributed by atoms with E-state index in [0.717, 1.165) is 38.5 Å². The van der Waals surface area contributed by atoms with Crippen LogP contribution >= 0.6 is 0 Å². The highest BCUT2D eigenvalue weighted by molar-refractivity contribution is 5.70. The predicted octanol–water partition coefficient (Wildman–Crippen LogP) is 1.75. The summed E-state index contributed by atoms with van der Waals surface area (Å²) >= 11 is 0. The number of likely N-dealkylation sites (N-methyl/N-ethyl adjacent to an activating group) is 1. The van der Waals surface area contributed by atoms with E-state index in [9.17, 15) is 4.79 Å². The summed E-state index contributed by atoms with van der Waals surface area (Å²) in [7, 11) is 2.17. The van der Waals surface area contributed by atoms with Crippen molar-refractivity contribution in [1.82, 2.24) is 9.80 Å². The van der Waals surface area contributed by atoms with E-state index >= 15 is 0 Å². The second-order valence-electron chi connectivity index (χ2n) is 6.42. The highest BCUT2D eigenvalue weighted by Gasteiger charge is 2.40. The lowest BCUT2D eigenvalue weighted by atomic mass is 9.88. The Balaban J connectivity index is 1.98. The first-order valence-corrected chi connectivity index (χ1v) is 7.63. The molecule has 0 aromatic carbocycles. The molecule has 19 heavy (non-hydrogen) atoms. The summed E-state index contributed by atoms with van der Waals surface area (Å²) in [5.41, 5.74) is -0.00528. The number of piperazine rings is 1. The van der Waals surface area contributed by atoms with Crippen LogP contribution in [0.15, 0.2) is 0 Å². The molecule has 1 saturated heterocycles. The molecule has 0 spiro atoms. The van der Waals surface area contributed by atoms with Gasteiger partial charge in [-0.3, -0.25) is 9.69 Å². The van der Waals surface area contributed by atoms with Crippen molar-refractivity contribution in [2.24, 2.45) is 5.92 Å². The van der Waals surface area contributed by atoms with E-state index in [1.165, 1.54) is 12.8 Å². The smallest absolute Gasteiger partial charge is 0.307 e. The largest absolute Gasteiger partial charge is 0.466 e. The van der Waals surface area contributed by atoms with Gasteiger partial charge in [0.25, 0.3) is 0 Å². The lowest BCUT2D eigenvalue weighted by Gasteiger charge is -2.45. The normalized spacial score (nSPS) is 25.0. The Hall–Kier alpha value is -0.610. The standard InChI is InChI=1S/C15H28N2O2/c1-4-19-14(18)12-15(2,11-13-5-6-13)17-9-7-16(3)8-10-17/h13H,4-12H2,1-3H3. The van der Waals surface area contributed by atoms with Crippen LogP contribution in [0.5, 0.6) is 0 Å². The van der Waals surface area contributed by atoms with Gasteiger partial charge in [0, 0.05) is 31.7 Å². The Kier molecular flexibility index (Phi) is 4.85. The van der Waals surface area contributed by atoms with Crippen LogP contribution < -0.4 is 0 Å². The molecule has 2 rings (SSSR count). The Morgan fingerprint density at radius 3 is 2.42 bits per heavy atom. The molecule has 0 bridgehead atoms. The minimum Gasteiger partial charge on any atom is -0.466 e. The number of carbonyl (C=O) groups is 1. The molecular formula is C15H28N2O2. The molecule has 0 radical (unpaired) electrons. The fourth-order valence-corrected chi connectivity index (χ4v) is 3.13. The lowest BCUT2D eigenvalue weighted by Crippen LogP contribution is -2.56. The van der Waals surface area contributed by atoms with Gasteiger partial charge in [-0.1, -0.05) is 12.8 Å². The third-order valence-electron chi connectivity index (χ3n) is 4.52. The number of carbonyl (C=O) groups excluding carboxylic acids is 1. The van der Waals surface area contributed by atoms with Gasteiger partial charge in [-0.05, 0) is 33.2 Å². The molecule has 2 fully saturated rings. The van der Waals surface area contributed by atoms with Gasteiger partial charge in [0.05, 0.1) is 13.0 Å². The zero-order valence-electron chi connectivity index (χ0n) is 12.7. The van der Waals surface area contributed by atoms with Gasteiger partial charge in [-0.25, -0.2) is 0 Å². The monoisotopic (exact) mass is 268 g/mol. The van der Waals surface area contributed by atoms with E-state index in [2.05, 4.69) is 23.8 Å². The van der Waals surface area contributed by atoms with Crippen LogP contribution in [0.25, 0.3) is 0 Å². The molecule has 0 N–H and O–H groups in total. The average Bonchev–Trinajstić information content (AvgIpc) is 3.13. The van der Waals surface area contributed by atoms with Crippen molar-refractivity contribution in [3.05, 3.63) is 0 Å². The van der Waals surface area contributed by atoms with E-state index in [1.807, 2.05) is 6.92 Å². The van der Waals surface area contributed by atoms with Crippen molar-refractivity contribution in [3.8, 4) is 0 Å². The number of rotatable bonds is 6. The summed E-state index contributed by atoms with van der Waals surface area (Å²) in [6, 6.07) is 0. The first kappa shape index (κ1) is 14.8. The highest BCUT2D eigenvalue weighted by atomic mass is 16.5. The lowest BCUT2D eigenvalue weighted by molar-refractivity contribution is -0.147. The van der Waals surface area contributed by atoms with Crippen LogP contribution in [0.2, 0.25) is 0 Å². The first-order valence-electron chi connectivity index (χ1n) is 7.63. The SMILES string of the molecule is CCOC(=O)CC(C)(CC1CC1)N1CCN(C)CC1. The molecule has 0 aromatic rings. The van der Waals surface area contributed by atoms with Crippen molar-refractivity contribution < 1.29 is 9.53 Å². The Morgan fingerprint density at radius 1 is 1.26 bits per heavy atom. The molecule has 1 aliphatic carbocycles. The molecule has 0 aromatic heterocycles. The van der Waals surface area contributed by atoms with Gasteiger partial charge in [0.2, 0.25) is 0 Å². The first-order chi connectivity index (χ1) is 9.03.